The van der Waals surface area contributed by atoms with Crippen LogP contribution in [0, 0.1) is 5.82 Å². The lowest BCUT2D eigenvalue weighted by Crippen LogP contribution is -2.51. The fourth-order valence-electron chi connectivity index (χ4n) is 3.88. The minimum Gasteiger partial charge on any atom is -0.378 e. The van der Waals surface area contributed by atoms with Gasteiger partial charge >= 0.3 is 0 Å². The Morgan fingerprint density at radius 2 is 1.88 bits per heavy atom. The molecule has 2 amide bonds. The summed E-state index contributed by atoms with van der Waals surface area (Å²) in [5.74, 6) is -0.159. The topological polar surface area (TPSA) is 49.9 Å². The maximum atomic E-state index is 13.2. The van der Waals surface area contributed by atoms with Crippen LogP contribution < -0.4 is 0 Å². The number of ether oxygens (including phenoxy) is 1. The van der Waals surface area contributed by atoms with E-state index in [0.29, 0.717) is 39.3 Å². The summed E-state index contributed by atoms with van der Waals surface area (Å²) in [4.78, 5) is 29.3. The van der Waals surface area contributed by atoms with E-state index < -0.39 is 0 Å². The summed E-state index contributed by atoms with van der Waals surface area (Å²) in [5, 5.41) is 0. The van der Waals surface area contributed by atoms with Crippen molar-refractivity contribution in [1.82, 2.24) is 9.80 Å². The molecule has 142 valence electrons. The van der Waals surface area contributed by atoms with Crippen LogP contribution in [0.3, 0.4) is 0 Å². The van der Waals surface area contributed by atoms with Crippen LogP contribution in [-0.2, 0) is 14.3 Å². The van der Waals surface area contributed by atoms with Gasteiger partial charge in [0.05, 0.1) is 13.2 Å². The molecular formula is C20H27FN2O3. The lowest BCUT2D eigenvalue weighted by molar-refractivity contribution is -0.146. The second-order valence-corrected chi connectivity index (χ2v) is 7.04. The van der Waals surface area contributed by atoms with Gasteiger partial charge in [0.15, 0.2) is 0 Å². The van der Waals surface area contributed by atoms with Gasteiger partial charge in [0.1, 0.15) is 11.9 Å². The van der Waals surface area contributed by atoms with E-state index >= 15 is 0 Å². The molecule has 6 heteroatoms. The molecule has 0 aromatic heterocycles. The Morgan fingerprint density at radius 1 is 1.19 bits per heavy atom. The van der Waals surface area contributed by atoms with Crippen LogP contribution >= 0.6 is 0 Å². The molecule has 1 aromatic carbocycles. The lowest BCUT2D eigenvalue weighted by atomic mass is 9.92. The van der Waals surface area contributed by atoms with E-state index in [1.165, 1.54) is 12.1 Å². The molecule has 26 heavy (non-hydrogen) atoms. The number of carbonyl (C=O) groups is 2. The van der Waals surface area contributed by atoms with Gasteiger partial charge in [0, 0.05) is 26.1 Å². The minimum atomic E-state index is -0.341. The van der Waals surface area contributed by atoms with E-state index in [0.717, 1.165) is 24.8 Å². The second kappa shape index (κ2) is 8.62. The predicted molar refractivity (Wildman–Crippen MR) is 96.2 cm³/mol. The van der Waals surface area contributed by atoms with Gasteiger partial charge in [-0.1, -0.05) is 19.1 Å². The summed E-state index contributed by atoms with van der Waals surface area (Å²) >= 11 is 0. The molecule has 0 N–H and O–H groups in total. The van der Waals surface area contributed by atoms with Crippen LogP contribution in [0.2, 0.25) is 0 Å². The number of nitrogens with zero attached hydrogens (tertiary/aromatic N) is 2. The monoisotopic (exact) mass is 362 g/mol. The molecular weight excluding hydrogens is 335 g/mol. The molecule has 3 rings (SSSR count). The average molecular weight is 362 g/mol. The van der Waals surface area contributed by atoms with Gasteiger partial charge in [-0.2, -0.15) is 0 Å². The van der Waals surface area contributed by atoms with E-state index in [-0.39, 0.29) is 29.6 Å². The molecule has 0 radical (unpaired) electrons. The lowest BCUT2D eigenvalue weighted by Gasteiger charge is -2.33. The summed E-state index contributed by atoms with van der Waals surface area (Å²) in [6, 6.07) is 6.02. The fraction of sp³-hybridized carbons (Fsp3) is 0.600. The van der Waals surface area contributed by atoms with E-state index in [1.807, 2.05) is 11.8 Å². The highest BCUT2D eigenvalue weighted by molar-refractivity contribution is 5.88. The highest BCUT2D eigenvalue weighted by atomic mass is 19.1. The van der Waals surface area contributed by atoms with Gasteiger partial charge in [0.25, 0.3) is 0 Å². The second-order valence-electron chi connectivity index (χ2n) is 7.04. The first-order valence-electron chi connectivity index (χ1n) is 9.51. The number of likely N-dealkylation sites (tertiary alicyclic amines) is 1. The number of hydrogen-bond acceptors (Lipinski definition) is 3. The molecule has 2 heterocycles. The molecule has 0 saturated carbocycles. The maximum Gasteiger partial charge on any atom is 0.245 e. The van der Waals surface area contributed by atoms with Crippen molar-refractivity contribution in [1.29, 1.82) is 0 Å². The Morgan fingerprint density at radius 3 is 2.54 bits per heavy atom. The molecule has 1 unspecified atom stereocenters. The first-order chi connectivity index (χ1) is 12.6. The number of amides is 2. The van der Waals surface area contributed by atoms with Gasteiger partial charge in [-0.25, -0.2) is 4.39 Å². The fourth-order valence-corrected chi connectivity index (χ4v) is 3.88. The van der Waals surface area contributed by atoms with Crippen LogP contribution in [0.4, 0.5) is 4.39 Å². The summed E-state index contributed by atoms with van der Waals surface area (Å²) in [7, 11) is 0. The Labute approximate surface area is 154 Å². The molecule has 2 saturated heterocycles. The Bertz CT molecular complexity index is 628. The number of rotatable bonds is 5. The van der Waals surface area contributed by atoms with E-state index in [1.54, 1.807) is 17.0 Å². The quantitative estimate of drug-likeness (QED) is 0.809. The summed E-state index contributed by atoms with van der Waals surface area (Å²) in [6.45, 7) is 5.00. The molecule has 2 aliphatic heterocycles. The third kappa shape index (κ3) is 4.23. The third-order valence-corrected chi connectivity index (χ3v) is 5.44. The average Bonchev–Trinajstić information content (AvgIpc) is 3.17. The molecule has 0 bridgehead atoms. The van der Waals surface area contributed by atoms with Crippen LogP contribution in [0.15, 0.2) is 24.3 Å². The molecule has 2 aliphatic rings. The smallest absolute Gasteiger partial charge is 0.245 e. The van der Waals surface area contributed by atoms with Gasteiger partial charge in [-0.05, 0) is 42.9 Å². The van der Waals surface area contributed by atoms with Crippen molar-refractivity contribution in [2.45, 2.75) is 44.6 Å². The maximum absolute atomic E-state index is 13.2. The highest BCUT2D eigenvalue weighted by Gasteiger charge is 2.37. The van der Waals surface area contributed by atoms with Gasteiger partial charge in [-0.3, -0.25) is 9.59 Å². The van der Waals surface area contributed by atoms with Crippen molar-refractivity contribution in [3.63, 3.8) is 0 Å². The van der Waals surface area contributed by atoms with Crippen molar-refractivity contribution in [2.24, 2.45) is 0 Å². The number of halogens is 1. The van der Waals surface area contributed by atoms with Crippen molar-refractivity contribution < 1.29 is 18.7 Å². The highest BCUT2D eigenvalue weighted by Crippen LogP contribution is 2.27. The molecule has 0 aliphatic carbocycles. The van der Waals surface area contributed by atoms with Crippen molar-refractivity contribution in [3.8, 4) is 0 Å². The molecule has 0 spiro atoms. The van der Waals surface area contributed by atoms with Gasteiger partial charge in [0.2, 0.25) is 11.8 Å². The summed E-state index contributed by atoms with van der Waals surface area (Å²) in [5.41, 5.74) is 0.970. The first kappa shape index (κ1) is 18.8. The number of carbonyl (C=O) groups excluding carboxylic acids is 2. The zero-order valence-corrected chi connectivity index (χ0v) is 15.3. The number of benzene rings is 1. The largest absolute Gasteiger partial charge is 0.378 e. The standard InChI is InChI=1S/C20H27FN2O3/c1-2-15(16-5-7-17(21)8-6-16)14-19(24)23-9-3-4-18(23)20(25)22-10-12-26-13-11-22/h5-8,15,18H,2-4,9-14H2,1H3/t15?,18-/m0/s1. The first-order valence-corrected chi connectivity index (χ1v) is 9.51. The molecule has 5 nitrogen and oxygen atoms in total. The van der Waals surface area contributed by atoms with Gasteiger partial charge in [-0.15, -0.1) is 0 Å². The number of morpholine rings is 1. The van der Waals surface area contributed by atoms with E-state index in [2.05, 4.69) is 0 Å². The van der Waals surface area contributed by atoms with E-state index in [9.17, 15) is 14.0 Å². The molecule has 1 aromatic rings. The van der Waals surface area contributed by atoms with E-state index in [4.69, 9.17) is 4.74 Å². The molecule has 2 fully saturated rings. The zero-order valence-electron chi connectivity index (χ0n) is 15.3. The Balaban J connectivity index is 1.65. The normalized spacial score (nSPS) is 21.7. The minimum absolute atomic E-state index is 0.0188. The van der Waals surface area contributed by atoms with Crippen molar-refractivity contribution in [3.05, 3.63) is 35.6 Å². The van der Waals surface area contributed by atoms with Crippen LogP contribution in [0.5, 0.6) is 0 Å². The Hall–Kier alpha value is -1.95. The van der Waals surface area contributed by atoms with Crippen LogP contribution in [-0.4, -0.2) is 60.5 Å². The van der Waals surface area contributed by atoms with Crippen LogP contribution in [0.25, 0.3) is 0 Å². The Kier molecular flexibility index (Phi) is 6.25. The van der Waals surface area contributed by atoms with Gasteiger partial charge < -0.3 is 14.5 Å². The van der Waals surface area contributed by atoms with Crippen molar-refractivity contribution >= 4 is 11.8 Å². The number of hydrogen-bond donors (Lipinski definition) is 0. The molecule has 2 atom stereocenters. The summed E-state index contributed by atoms with van der Waals surface area (Å²) < 4.78 is 18.5. The van der Waals surface area contributed by atoms with Crippen LogP contribution in [0.1, 0.15) is 44.1 Å². The zero-order chi connectivity index (χ0) is 18.5. The predicted octanol–water partition coefficient (Wildman–Crippen LogP) is 2.56. The third-order valence-electron chi connectivity index (χ3n) is 5.44. The SMILES string of the molecule is CCC(CC(=O)N1CCC[C@H]1C(=O)N1CCOCC1)c1ccc(F)cc1. The summed E-state index contributed by atoms with van der Waals surface area (Å²) in [6.07, 6.45) is 2.75. The van der Waals surface area contributed by atoms with Crippen molar-refractivity contribution in [2.75, 3.05) is 32.8 Å².